The van der Waals surface area contributed by atoms with Gasteiger partial charge in [-0.2, -0.15) is 0 Å². The van der Waals surface area contributed by atoms with Crippen molar-refractivity contribution in [1.29, 1.82) is 0 Å². The van der Waals surface area contributed by atoms with Crippen molar-refractivity contribution in [2.75, 3.05) is 20.2 Å². The van der Waals surface area contributed by atoms with Gasteiger partial charge in [0.15, 0.2) is 0 Å². The highest BCUT2D eigenvalue weighted by molar-refractivity contribution is 5.94. The number of carbonyl (C=O) groups is 2. The van der Waals surface area contributed by atoms with E-state index in [1.165, 1.54) is 25.4 Å². The number of rotatable bonds is 7. The Bertz CT molecular complexity index is 704. The summed E-state index contributed by atoms with van der Waals surface area (Å²) in [5, 5.41) is 0. The van der Waals surface area contributed by atoms with Crippen molar-refractivity contribution < 1.29 is 18.7 Å². The van der Waals surface area contributed by atoms with Crippen LogP contribution in [0.2, 0.25) is 0 Å². The van der Waals surface area contributed by atoms with E-state index in [9.17, 15) is 14.0 Å². The molecule has 1 heterocycles. The van der Waals surface area contributed by atoms with Crippen molar-refractivity contribution in [3.8, 4) is 0 Å². The third kappa shape index (κ3) is 5.38. The Labute approximate surface area is 146 Å². The van der Waals surface area contributed by atoms with Crippen molar-refractivity contribution >= 4 is 11.9 Å². The average molecular weight is 344 g/mol. The van der Waals surface area contributed by atoms with Crippen LogP contribution in [-0.2, 0) is 16.0 Å². The molecule has 0 aliphatic heterocycles. The second kappa shape index (κ2) is 8.92. The Morgan fingerprint density at radius 2 is 1.96 bits per heavy atom. The van der Waals surface area contributed by atoms with Crippen molar-refractivity contribution in [2.24, 2.45) is 5.92 Å². The third-order valence-electron chi connectivity index (χ3n) is 3.88. The molecule has 2 aromatic rings. The fraction of sp³-hybridized carbons (Fsp3) is 0.316. The number of methoxy groups -OCH3 is 1. The van der Waals surface area contributed by atoms with Crippen LogP contribution in [0.4, 0.5) is 4.39 Å². The van der Waals surface area contributed by atoms with E-state index in [-0.39, 0.29) is 24.2 Å². The van der Waals surface area contributed by atoms with Crippen LogP contribution in [0, 0.1) is 11.7 Å². The number of benzene rings is 1. The lowest BCUT2D eigenvalue weighted by Gasteiger charge is -2.25. The van der Waals surface area contributed by atoms with E-state index in [1.807, 2.05) is 0 Å². The van der Waals surface area contributed by atoms with E-state index in [4.69, 9.17) is 4.74 Å². The largest absolute Gasteiger partial charge is 0.469 e. The topological polar surface area (TPSA) is 59.5 Å². The van der Waals surface area contributed by atoms with Gasteiger partial charge < -0.3 is 9.64 Å². The summed E-state index contributed by atoms with van der Waals surface area (Å²) < 4.78 is 17.8. The predicted molar refractivity (Wildman–Crippen MR) is 91.4 cm³/mol. The molecular weight excluding hydrogens is 323 g/mol. The normalized spacial score (nSPS) is 11.6. The Morgan fingerprint density at radius 3 is 2.56 bits per heavy atom. The summed E-state index contributed by atoms with van der Waals surface area (Å²) in [4.78, 5) is 30.0. The molecule has 0 saturated carbocycles. The zero-order chi connectivity index (χ0) is 18.2. The van der Waals surface area contributed by atoms with Crippen LogP contribution in [0.1, 0.15) is 22.8 Å². The minimum Gasteiger partial charge on any atom is -0.469 e. The van der Waals surface area contributed by atoms with E-state index < -0.39 is 5.92 Å². The van der Waals surface area contributed by atoms with Crippen molar-refractivity contribution in [3.05, 3.63) is 65.7 Å². The van der Waals surface area contributed by atoms with Crippen molar-refractivity contribution in [2.45, 2.75) is 13.3 Å². The van der Waals surface area contributed by atoms with Crippen molar-refractivity contribution in [1.82, 2.24) is 9.88 Å². The number of halogens is 1. The Hall–Kier alpha value is -2.76. The highest BCUT2D eigenvalue weighted by atomic mass is 19.1. The first-order valence-corrected chi connectivity index (χ1v) is 8.03. The van der Waals surface area contributed by atoms with Gasteiger partial charge in [-0.25, -0.2) is 4.39 Å². The highest BCUT2D eigenvalue weighted by Gasteiger charge is 2.22. The number of hydrogen-bond acceptors (Lipinski definition) is 4. The summed E-state index contributed by atoms with van der Waals surface area (Å²) in [5.41, 5.74) is 1.37. The molecule has 1 aromatic carbocycles. The quantitative estimate of drug-likeness (QED) is 0.725. The maximum atomic E-state index is 13.0. The molecule has 1 atom stereocenters. The number of ether oxygens (including phenoxy) is 1. The van der Waals surface area contributed by atoms with E-state index in [0.29, 0.717) is 18.5 Å². The van der Waals surface area contributed by atoms with Gasteiger partial charge in [-0.15, -0.1) is 0 Å². The summed E-state index contributed by atoms with van der Waals surface area (Å²) >= 11 is 0. The van der Waals surface area contributed by atoms with Gasteiger partial charge in [0.25, 0.3) is 5.91 Å². The molecular formula is C19H21FN2O3. The SMILES string of the molecule is COC(=O)C(C)CN(CCc1ccc(F)cc1)C(=O)c1cccnc1. The van der Waals surface area contributed by atoms with Crippen LogP contribution in [0.5, 0.6) is 0 Å². The maximum absolute atomic E-state index is 13.0. The van der Waals surface area contributed by atoms with E-state index >= 15 is 0 Å². The summed E-state index contributed by atoms with van der Waals surface area (Å²) in [6, 6.07) is 9.52. The fourth-order valence-corrected chi connectivity index (χ4v) is 2.47. The molecule has 0 saturated heterocycles. The molecule has 0 spiro atoms. The summed E-state index contributed by atoms with van der Waals surface area (Å²) in [7, 11) is 1.32. The van der Waals surface area contributed by atoms with Crippen LogP contribution < -0.4 is 0 Å². The Balaban J connectivity index is 2.11. The third-order valence-corrected chi connectivity index (χ3v) is 3.88. The van der Waals surface area contributed by atoms with Gasteiger partial charge in [0.05, 0.1) is 18.6 Å². The standard InChI is InChI=1S/C19H21FN2O3/c1-14(19(24)25-2)13-22(18(23)16-4-3-10-21-12-16)11-9-15-5-7-17(20)8-6-15/h3-8,10,12,14H,9,11,13H2,1-2H3. The molecule has 25 heavy (non-hydrogen) atoms. The van der Waals surface area contributed by atoms with Crippen LogP contribution in [0.3, 0.4) is 0 Å². The molecule has 1 amide bonds. The molecule has 2 rings (SSSR count). The molecule has 6 heteroatoms. The second-order valence-electron chi connectivity index (χ2n) is 5.79. The van der Waals surface area contributed by atoms with Gasteiger partial charge in [0.1, 0.15) is 5.82 Å². The van der Waals surface area contributed by atoms with Crippen LogP contribution in [-0.4, -0.2) is 42.0 Å². The number of carbonyl (C=O) groups excluding carboxylic acids is 2. The van der Waals surface area contributed by atoms with E-state index in [0.717, 1.165) is 5.56 Å². The maximum Gasteiger partial charge on any atom is 0.310 e. The number of amides is 1. The lowest BCUT2D eigenvalue weighted by atomic mass is 10.1. The monoisotopic (exact) mass is 344 g/mol. The number of hydrogen-bond donors (Lipinski definition) is 0. The van der Waals surface area contributed by atoms with Gasteiger partial charge in [-0.05, 0) is 36.2 Å². The summed E-state index contributed by atoms with van der Waals surface area (Å²) in [6.45, 7) is 2.36. The molecule has 0 bridgehead atoms. The molecule has 1 unspecified atom stereocenters. The lowest BCUT2D eigenvalue weighted by molar-refractivity contribution is -0.145. The van der Waals surface area contributed by atoms with Crippen LogP contribution in [0.25, 0.3) is 0 Å². The smallest absolute Gasteiger partial charge is 0.310 e. The molecule has 1 aromatic heterocycles. The van der Waals surface area contributed by atoms with Gasteiger partial charge in [-0.1, -0.05) is 19.1 Å². The Morgan fingerprint density at radius 1 is 1.24 bits per heavy atom. The van der Waals surface area contributed by atoms with Crippen molar-refractivity contribution in [3.63, 3.8) is 0 Å². The lowest BCUT2D eigenvalue weighted by Crippen LogP contribution is -2.38. The van der Waals surface area contributed by atoms with Gasteiger partial charge in [0.2, 0.25) is 0 Å². The molecule has 0 fully saturated rings. The Kier molecular flexibility index (Phi) is 6.62. The predicted octanol–water partition coefficient (Wildman–Crippen LogP) is 2.71. The zero-order valence-corrected chi connectivity index (χ0v) is 14.3. The number of esters is 1. The fourth-order valence-electron chi connectivity index (χ4n) is 2.47. The summed E-state index contributed by atoms with van der Waals surface area (Å²) in [5.74, 6) is -1.32. The van der Waals surface area contributed by atoms with E-state index in [1.54, 1.807) is 42.3 Å². The van der Waals surface area contributed by atoms with Crippen LogP contribution >= 0.6 is 0 Å². The van der Waals surface area contributed by atoms with Gasteiger partial charge >= 0.3 is 5.97 Å². The molecule has 0 radical (unpaired) electrons. The molecule has 5 nitrogen and oxygen atoms in total. The zero-order valence-electron chi connectivity index (χ0n) is 14.3. The molecule has 132 valence electrons. The minimum absolute atomic E-state index is 0.203. The number of nitrogens with zero attached hydrogens (tertiary/aromatic N) is 2. The highest BCUT2D eigenvalue weighted by Crippen LogP contribution is 2.11. The molecule has 0 aliphatic rings. The first kappa shape index (κ1) is 18.6. The van der Waals surface area contributed by atoms with Crippen LogP contribution in [0.15, 0.2) is 48.8 Å². The first-order chi connectivity index (χ1) is 12.0. The first-order valence-electron chi connectivity index (χ1n) is 8.03. The second-order valence-corrected chi connectivity index (χ2v) is 5.79. The molecule has 0 N–H and O–H groups in total. The van der Waals surface area contributed by atoms with E-state index in [2.05, 4.69) is 4.98 Å². The molecule has 0 aliphatic carbocycles. The minimum atomic E-state index is -0.446. The summed E-state index contributed by atoms with van der Waals surface area (Å²) in [6.07, 6.45) is 3.65. The number of aromatic nitrogens is 1. The van der Waals surface area contributed by atoms with Gasteiger partial charge in [-0.3, -0.25) is 14.6 Å². The average Bonchev–Trinajstić information content (AvgIpc) is 2.65. The van der Waals surface area contributed by atoms with Gasteiger partial charge in [0, 0.05) is 25.5 Å². The number of pyridine rings is 1.